The molecule has 7 atom stereocenters. The first-order valence-electron chi connectivity index (χ1n) is 12.8. The summed E-state index contributed by atoms with van der Waals surface area (Å²) < 4.78 is 43.6. The van der Waals surface area contributed by atoms with Gasteiger partial charge in [-0.3, -0.25) is 9.32 Å². The van der Waals surface area contributed by atoms with Gasteiger partial charge in [-0.05, 0) is 38.1 Å². The first kappa shape index (κ1) is 28.4. The predicted molar refractivity (Wildman–Crippen MR) is 140 cm³/mol. The van der Waals surface area contributed by atoms with Gasteiger partial charge in [0.15, 0.2) is 5.82 Å². The first-order valence-corrected chi connectivity index (χ1v) is 14.3. The van der Waals surface area contributed by atoms with Crippen LogP contribution >= 0.6 is 7.75 Å². The van der Waals surface area contributed by atoms with E-state index in [1.165, 1.54) is 24.7 Å². The molecule has 216 valence electrons. The molecule has 15 heteroatoms. The van der Waals surface area contributed by atoms with Gasteiger partial charge in [-0.2, -0.15) is 10.2 Å². The molecule has 5 N–H and O–H groups in total. The molecular weight excluding hydrogens is 545 g/mol. The molecule has 0 spiro atoms. The number of aliphatic hydroxyl groups excluding tert-OH is 2. The molecule has 0 bridgehead atoms. The minimum atomic E-state index is -4.26. The normalized spacial score (nSPS) is 28.8. The monoisotopic (exact) mass is 577 g/mol. The highest BCUT2D eigenvalue weighted by Gasteiger charge is 2.54. The van der Waals surface area contributed by atoms with Gasteiger partial charge >= 0.3 is 13.7 Å². The maximum absolute atomic E-state index is 13.9. The summed E-state index contributed by atoms with van der Waals surface area (Å²) in [5.41, 5.74) is 5.31. The number of nitrogens with one attached hydrogen (secondary N) is 1. The van der Waals surface area contributed by atoms with E-state index >= 15 is 0 Å². The molecule has 0 radical (unpaired) electrons. The number of fused-ring (bicyclic) bond motifs is 1. The highest BCUT2D eigenvalue weighted by Crippen LogP contribution is 2.48. The molecule has 1 aromatic carbocycles. The summed E-state index contributed by atoms with van der Waals surface area (Å²) in [7, 11) is -4.26. The first-order chi connectivity index (χ1) is 19.1. The van der Waals surface area contributed by atoms with Crippen molar-refractivity contribution in [2.45, 2.75) is 56.3 Å². The molecule has 3 aromatic rings. The Hall–Kier alpha value is -3.10. The van der Waals surface area contributed by atoms with Gasteiger partial charge in [-0.25, -0.2) is 14.1 Å². The maximum Gasteiger partial charge on any atom is 0.459 e. The summed E-state index contributed by atoms with van der Waals surface area (Å²) >= 11 is 0. The van der Waals surface area contributed by atoms with E-state index in [1.807, 2.05) is 0 Å². The molecular formula is C25H32N5O9P. The Morgan fingerprint density at radius 1 is 1.30 bits per heavy atom. The van der Waals surface area contributed by atoms with Crippen molar-refractivity contribution < 1.29 is 42.8 Å². The zero-order valence-corrected chi connectivity index (χ0v) is 22.8. The number of hydrogen-bond donors (Lipinski definition) is 4. The molecule has 2 aromatic heterocycles. The number of rotatable bonds is 10. The highest BCUT2D eigenvalue weighted by atomic mass is 31.2. The number of benzene rings is 1. The van der Waals surface area contributed by atoms with Crippen LogP contribution in [0, 0.1) is 0 Å². The molecule has 14 nitrogen and oxygen atoms in total. The fourth-order valence-corrected chi connectivity index (χ4v) is 6.17. The van der Waals surface area contributed by atoms with Crippen LogP contribution in [-0.4, -0.2) is 80.6 Å². The van der Waals surface area contributed by atoms with Crippen LogP contribution in [0.2, 0.25) is 0 Å². The van der Waals surface area contributed by atoms with Gasteiger partial charge in [0.1, 0.15) is 53.7 Å². The fraction of sp³-hybridized carbons (Fsp3) is 0.480. The molecule has 2 fully saturated rings. The molecule has 4 heterocycles. The van der Waals surface area contributed by atoms with Gasteiger partial charge in [-0.15, -0.1) is 0 Å². The topological polar surface area (TPSA) is 189 Å². The van der Waals surface area contributed by atoms with E-state index in [0.29, 0.717) is 30.8 Å². The third-order valence-electron chi connectivity index (χ3n) is 6.82. The zero-order valence-electron chi connectivity index (χ0n) is 22.0. The summed E-state index contributed by atoms with van der Waals surface area (Å²) in [6, 6.07) is 10.5. The summed E-state index contributed by atoms with van der Waals surface area (Å²) in [5, 5.41) is 28.7. The number of nitrogens with two attached hydrogens (primary N) is 1. The summed E-state index contributed by atoms with van der Waals surface area (Å²) in [6.45, 7) is 3.28. The molecule has 0 amide bonds. The van der Waals surface area contributed by atoms with Gasteiger partial charge < -0.3 is 34.7 Å². The molecule has 1 unspecified atom stereocenters. The van der Waals surface area contributed by atoms with Crippen molar-refractivity contribution >= 4 is 25.1 Å². The molecule has 2 saturated heterocycles. The van der Waals surface area contributed by atoms with Crippen LogP contribution in [0.3, 0.4) is 0 Å². The third kappa shape index (κ3) is 5.84. The van der Waals surface area contributed by atoms with E-state index in [4.69, 9.17) is 29.0 Å². The van der Waals surface area contributed by atoms with Crippen molar-refractivity contribution in [1.29, 1.82) is 0 Å². The van der Waals surface area contributed by atoms with Crippen molar-refractivity contribution in [3.63, 3.8) is 0 Å². The van der Waals surface area contributed by atoms with E-state index < -0.39 is 56.4 Å². The van der Waals surface area contributed by atoms with E-state index in [2.05, 4.69) is 15.2 Å². The SMILES string of the molecule is C[C@H](NP(=O)(OC[C@@]1(C)O[C@@H](c2ccc3c(N)ncnn23)[C@H](O)[C@@H]1O)Oc1ccccc1)C(=O)O[C@@H]1CCOC1. The average molecular weight is 578 g/mol. The quantitative estimate of drug-likeness (QED) is 0.200. The molecule has 0 saturated carbocycles. The molecule has 2 aliphatic heterocycles. The lowest BCUT2D eigenvalue weighted by Gasteiger charge is -2.30. The fourth-order valence-electron chi connectivity index (χ4n) is 4.58. The third-order valence-corrected chi connectivity index (χ3v) is 8.45. The van der Waals surface area contributed by atoms with Crippen LogP contribution in [-0.2, 0) is 28.1 Å². The summed E-state index contributed by atoms with van der Waals surface area (Å²) in [5.74, 6) is -0.203. The number of anilines is 1. The van der Waals surface area contributed by atoms with Crippen LogP contribution < -0.4 is 15.3 Å². The van der Waals surface area contributed by atoms with Gasteiger partial charge in [0.2, 0.25) is 0 Å². The number of aromatic nitrogens is 3. The van der Waals surface area contributed by atoms with Crippen LogP contribution in [0.15, 0.2) is 48.8 Å². The maximum atomic E-state index is 13.9. The van der Waals surface area contributed by atoms with Crippen molar-refractivity contribution in [2.24, 2.45) is 0 Å². The Bertz CT molecular complexity index is 1390. The van der Waals surface area contributed by atoms with E-state index in [-0.39, 0.29) is 11.6 Å². The smallest absolute Gasteiger partial charge is 0.459 e. The number of aliphatic hydroxyl groups is 2. The second-order valence-corrected chi connectivity index (χ2v) is 11.6. The largest absolute Gasteiger partial charge is 0.459 e. The van der Waals surface area contributed by atoms with Crippen molar-refractivity contribution in [3.05, 3.63) is 54.5 Å². The molecule has 40 heavy (non-hydrogen) atoms. The van der Waals surface area contributed by atoms with Crippen LogP contribution in [0.25, 0.3) is 5.52 Å². The highest BCUT2D eigenvalue weighted by molar-refractivity contribution is 7.52. The van der Waals surface area contributed by atoms with Crippen LogP contribution in [0.4, 0.5) is 5.82 Å². The Morgan fingerprint density at radius 2 is 2.08 bits per heavy atom. The van der Waals surface area contributed by atoms with Gasteiger partial charge in [0.05, 0.1) is 25.5 Å². The lowest BCUT2D eigenvalue weighted by Crippen LogP contribution is -2.45. The molecule has 2 aliphatic rings. The van der Waals surface area contributed by atoms with E-state index in [1.54, 1.807) is 42.5 Å². The van der Waals surface area contributed by atoms with Crippen LogP contribution in [0.5, 0.6) is 5.75 Å². The van der Waals surface area contributed by atoms with E-state index in [9.17, 15) is 19.6 Å². The van der Waals surface area contributed by atoms with Crippen molar-refractivity contribution in [1.82, 2.24) is 19.7 Å². The molecule has 5 rings (SSSR count). The van der Waals surface area contributed by atoms with E-state index in [0.717, 1.165) is 0 Å². The minimum Gasteiger partial charge on any atom is -0.459 e. The van der Waals surface area contributed by atoms with Gasteiger partial charge in [-0.1, -0.05) is 18.2 Å². The van der Waals surface area contributed by atoms with Gasteiger partial charge in [0, 0.05) is 6.42 Å². The van der Waals surface area contributed by atoms with Crippen LogP contribution in [0.1, 0.15) is 32.1 Å². The number of ether oxygens (including phenoxy) is 3. The number of carbonyl (C=O) groups excluding carboxylic acids is 1. The minimum absolute atomic E-state index is 0.218. The zero-order chi connectivity index (χ0) is 28.5. The summed E-state index contributed by atoms with van der Waals surface area (Å²) in [6.07, 6.45) is -2.41. The number of nitrogens with zero attached hydrogens (tertiary/aromatic N) is 3. The van der Waals surface area contributed by atoms with Crippen molar-refractivity contribution in [2.75, 3.05) is 25.6 Å². The Morgan fingerprint density at radius 3 is 2.80 bits per heavy atom. The summed E-state index contributed by atoms with van der Waals surface area (Å²) in [4.78, 5) is 16.6. The number of carbonyl (C=O) groups is 1. The standard InChI is InChI=1S/C25H32N5O9P/c1-15(24(33)37-17-10-11-35-12-17)29-40(34,39-16-6-4-3-5-7-16)36-13-25(2)22(32)20(31)21(38-25)18-8-9-19-23(26)27-14-28-30(18)19/h3-9,14-15,17,20-22,31-32H,10-13H2,1-2H3,(H,29,34)(H2,26,27,28)/t15-,17+,20-,21-,22-,25+,40?/m0/s1. The lowest BCUT2D eigenvalue weighted by molar-refractivity contribution is -0.150. The Balaban J connectivity index is 1.33. The lowest BCUT2D eigenvalue weighted by atomic mass is 9.97. The Labute approximate surface area is 229 Å². The number of hydrogen-bond acceptors (Lipinski definition) is 12. The Kier molecular flexibility index (Phi) is 8.11. The average Bonchev–Trinajstić information content (AvgIpc) is 3.65. The van der Waals surface area contributed by atoms with Crippen molar-refractivity contribution in [3.8, 4) is 5.75 Å². The molecule has 0 aliphatic carbocycles. The number of para-hydroxylation sites is 1. The number of nitrogen functional groups attached to an aromatic ring is 1. The second-order valence-electron chi connectivity index (χ2n) is 9.94. The predicted octanol–water partition coefficient (Wildman–Crippen LogP) is 1.38. The number of esters is 1. The second kappa shape index (κ2) is 11.4. The van der Waals surface area contributed by atoms with Gasteiger partial charge in [0.25, 0.3) is 0 Å².